The van der Waals surface area contributed by atoms with Gasteiger partial charge in [-0.25, -0.2) is 0 Å². The van der Waals surface area contributed by atoms with Crippen molar-refractivity contribution in [3.05, 3.63) is 52.8 Å². The summed E-state index contributed by atoms with van der Waals surface area (Å²) in [6, 6.07) is 10.4. The zero-order valence-corrected chi connectivity index (χ0v) is 21.2. The van der Waals surface area contributed by atoms with E-state index in [1.165, 1.54) is 16.8 Å². The smallest absolute Gasteiger partial charge is 0.223 e. The van der Waals surface area contributed by atoms with Gasteiger partial charge >= 0.3 is 0 Å². The Morgan fingerprint density at radius 1 is 1.13 bits per heavy atom. The lowest BCUT2D eigenvalue weighted by Crippen LogP contribution is -2.38. The van der Waals surface area contributed by atoms with E-state index in [2.05, 4.69) is 52.8 Å². The summed E-state index contributed by atoms with van der Waals surface area (Å²) in [5.41, 5.74) is 4.78. The van der Waals surface area contributed by atoms with E-state index in [0.717, 1.165) is 63.8 Å². The number of hydrogen-bond acceptors (Lipinski definition) is 3. The van der Waals surface area contributed by atoms with Gasteiger partial charge in [0.2, 0.25) is 5.91 Å². The van der Waals surface area contributed by atoms with E-state index in [9.17, 15) is 4.79 Å². The lowest BCUT2D eigenvalue weighted by atomic mass is 10.1. The quantitative estimate of drug-likeness (QED) is 0.222. The molecule has 0 aliphatic carbocycles. The van der Waals surface area contributed by atoms with Crippen molar-refractivity contribution in [2.45, 2.75) is 59.7 Å². The predicted molar refractivity (Wildman–Crippen MR) is 136 cm³/mol. The molecule has 2 N–H and O–H groups in total. The molecular weight excluding hydrogens is 503 g/mol. The van der Waals surface area contributed by atoms with Crippen LogP contribution in [0.1, 0.15) is 48.7 Å². The molecule has 1 aromatic carbocycles. The maximum Gasteiger partial charge on any atom is 0.223 e. The summed E-state index contributed by atoms with van der Waals surface area (Å²) in [5, 5.41) is 11.1. The molecule has 1 aliphatic heterocycles. The number of nitrogens with zero attached hydrogens (tertiary/aromatic N) is 4. The van der Waals surface area contributed by atoms with Crippen LogP contribution in [0, 0.1) is 13.8 Å². The lowest BCUT2D eigenvalue weighted by molar-refractivity contribution is -0.131. The summed E-state index contributed by atoms with van der Waals surface area (Å²) >= 11 is 0. The largest absolute Gasteiger partial charge is 0.357 e. The van der Waals surface area contributed by atoms with E-state index in [4.69, 9.17) is 0 Å². The van der Waals surface area contributed by atoms with Gasteiger partial charge in [-0.3, -0.25) is 14.5 Å². The van der Waals surface area contributed by atoms with Crippen molar-refractivity contribution in [2.75, 3.05) is 19.6 Å². The Balaban J connectivity index is 0.00000341. The van der Waals surface area contributed by atoms with Gasteiger partial charge in [0.25, 0.3) is 0 Å². The highest BCUT2D eigenvalue weighted by molar-refractivity contribution is 14.0. The first-order valence-corrected chi connectivity index (χ1v) is 10.9. The topological polar surface area (TPSA) is 74.5 Å². The highest BCUT2D eigenvalue weighted by Crippen LogP contribution is 2.22. The Morgan fingerprint density at radius 3 is 2.45 bits per heavy atom. The number of amides is 1. The number of guanidine groups is 1. The van der Waals surface area contributed by atoms with Gasteiger partial charge in [0, 0.05) is 51.4 Å². The Kier molecular flexibility index (Phi) is 10.3. The highest BCUT2D eigenvalue weighted by Gasteiger charge is 2.22. The highest BCUT2D eigenvalue weighted by atomic mass is 127. The van der Waals surface area contributed by atoms with Crippen molar-refractivity contribution in [3.8, 4) is 0 Å². The molecule has 0 fully saturated rings. The number of carbonyl (C=O) groups is 1. The summed E-state index contributed by atoms with van der Waals surface area (Å²) in [6.45, 7) is 10.8. The maximum atomic E-state index is 12.5. The van der Waals surface area contributed by atoms with Crippen LogP contribution in [0.5, 0.6) is 0 Å². The molecule has 0 bridgehead atoms. The zero-order valence-electron chi connectivity index (χ0n) is 18.9. The monoisotopic (exact) mass is 538 g/mol. The predicted octanol–water partition coefficient (Wildman–Crippen LogP) is 3.39. The van der Waals surface area contributed by atoms with Crippen molar-refractivity contribution >= 4 is 35.8 Å². The van der Waals surface area contributed by atoms with Crippen LogP contribution in [0.25, 0.3) is 0 Å². The van der Waals surface area contributed by atoms with Gasteiger partial charge in [-0.2, -0.15) is 5.10 Å². The summed E-state index contributed by atoms with van der Waals surface area (Å²) in [4.78, 5) is 19.1. The van der Waals surface area contributed by atoms with Crippen molar-refractivity contribution in [1.29, 1.82) is 0 Å². The van der Waals surface area contributed by atoms with E-state index in [1.807, 2.05) is 28.6 Å². The molecule has 0 unspecified atom stereocenters. The average molecular weight is 538 g/mol. The van der Waals surface area contributed by atoms with Gasteiger partial charge in [-0.15, -0.1) is 24.0 Å². The van der Waals surface area contributed by atoms with Crippen LogP contribution in [0.15, 0.2) is 35.3 Å². The normalized spacial score (nSPS) is 13.0. The molecule has 7 nitrogen and oxygen atoms in total. The van der Waals surface area contributed by atoms with Crippen LogP contribution >= 0.6 is 24.0 Å². The third-order valence-electron chi connectivity index (χ3n) is 5.30. The SMILES string of the molecule is CCNC(=NCCCn1nc(C)cc1C)NCCCC(=O)N1Cc2ccccc2C1.I. The summed E-state index contributed by atoms with van der Waals surface area (Å²) in [7, 11) is 0. The first-order chi connectivity index (χ1) is 14.6. The van der Waals surface area contributed by atoms with Crippen LogP contribution in [0.3, 0.4) is 0 Å². The molecule has 8 heteroatoms. The number of aromatic nitrogens is 2. The number of fused-ring (bicyclic) bond motifs is 1. The molecule has 0 radical (unpaired) electrons. The van der Waals surface area contributed by atoms with Gasteiger partial charge in [0.05, 0.1) is 5.69 Å². The molecular formula is C23H35IN6O. The minimum Gasteiger partial charge on any atom is -0.357 e. The van der Waals surface area contributed by atoms with Crippen molar-refractivity contribution < 1.29 is 4.79 Å². The average Bonchev–Trinajstić information content (AvgIpc) is 3.30. The molecule has 0 atom stereocenters. The Morgan fingerprint density at radius 2 is 1.84 bits per heavy atom. The second-order valence-electron chi connectivity index (χ2n) is 7.81. The fourth-order valence-corrected chi connectivity index (χ4v) is 3.77. The number of aliphatic imine (C=N–C) groups is 1. The molecule has 170 valence electrons. The molecule has 0 saturated carbocycles. The first-order valence-electron chi connectivity index (χ1n) is 10.9. The zero-order chi connectivity index (χ0) is 21.3. The molecule has 2 aromatic rings. The lowest BCUT2D eigenvalue weighted by Gasteiger charge is -2.16. The van der Waals surface area contributed by atoms with Crippen LogP contribution < -0.4 is 10.6 Å². The van der Waals surface area contributed by atoms with E-state index in [1.54, 1.807) is 0 Å². The summed E-state index contributed by atoms with van der Waals surface area (Å²) < 4.78 is 2.04. The first kappa shape index (κ1) is 25.2. The number of nitrogens with one attached hydrogen (secondary N) is 2. The third-order valence-corrected chi connectivity index (χ3v) is 5.30. The van der Waals surface area contributed by atoms with Gasteiger partial charge < -0.3 is 15.5 Å². The summed E-state index contributed by atoms with van der Waals surface area (Å²) in [6.07, 6.45) is 2.28. The van der Waals surface area contributed by atoms with Gasteiger partial charge in [0.1, 0.15) is 0 Å². The third kappa shape index (κ3) is 7.52. The van der Waals surface area contributed by atoms with Gasteiger partial charge in [0.15, 0.2) is 5.96 Å². The number of rotatable bonds is 9. The number of aryl methyl sites for hydroxylation is 3. The molecule has 3 rings (SSSR count). The Labute approximate surface area is 202 Å². The fourth-order valence-electron chi connectivity index (χ4n) is 3.77. The van der Waals surface area contributed by atoms with Gasteiger partial charge in [-0.05, 0) is 50.8 Å². The number of carbonyl (C=O) groups excluding carboxylic acids is 1. The number of halogens is 1. The van der Waals surface area contributed by atoms with Gasteiger partial charge in [-0.1, -0.05) is 24.3 Å². The van der Waals surface area contributed by atoms with Crippen molar-refractivity contribution in [3.63, 3.8) is 0 Å². The van der Waals surface area contributed by atoms with E-state index in [0.29, 0.717) is 6.42 Å². The van der Waals surface area contributed by atoms with E-state index < -0.39 is 0 Å². The second-order valence-corrected chi connectivity index (χ2v) is 7.81. The van der Waals surface area contributed by atoms with Crippen LogP contribution in [-0.2, 0) is 24.4 Å². The van der Waals surface area contributed by atoms with Crippen LogP contribution in [0.4, 0.5) is 0 Å². The van der Waals surface area contributed by atoms with Crippen molar-refractivity contribution in [1.82, 2.24) is 25.3 Å². The minimum atomic E-state index is 0. The Hall–Kier alpha value is -2.10. The fraction of sp³-hybridized carbons (Fsp3) is 0.522. The number of benzene rings is 1. The molecule has 1 amide bonds. The second kappa shape index (κ2) is 12.7. The molecule has 0 saturated heterocycles. The standard InChI is InChI=1S/C23H34N6O.HI/c1-4-24-23(26-13-8-14-29-19(3)15-18(2)27-29)25-12-7-11-22(30)28-16-20-9-5-6-10-21(20)17-28;/h5-6,9-10,15H,4,7-8,11-14,16-17H2,1-3H3,(H2,24,25,26);1H. The van der Waals surface area contributed by atoms with E-state index >= 15 is 0 Å². The van der Waals surface area contributed by atoms with Crippen molar-refractivity contribution in [2.24, 2.45) is 4.99 Å². The molecule has 1 aromatic heterocycles. The number of hydrogen-bond donors (Lipinski definition) is 2. The minimum absolute atomic E-state index is 0. The molecule has 0 spiro atoms. The molecule has 1 aliphatic rings. The molecule has 31 heavy (non-hydrogen) atoms. The van der Waals surface area contributed by atoms with E-state index in [-0.39, 0.29) is 29.9 Å². The molecule has 2 heterocycles. The Bertz CT molecular complexity index is 854. The van der Waals surface area contributed by atoms with Crippen LogP contribution in [0.2, 0.25) is 0 Å². The van der Waals surface area contributed by atoms with Crippen LogP contribution in [-0.4, -0.2) is 46.2 Å². The maximum absolute atomic E-state index is 12.5. The summed E-state index contributed by atoms with van der Waals surface area (Å²) in [5.74, 6) is 1.03.